The van der Waals surface area contributed by atoms with Crippen molar-refractivity contribution >= 4 is 6.16 Å². The van der Waals surface area contributed by atoms with E-state index in [1.165, 1.54) is 0 Å². The molecule has 5 nitrogen and oxygen atoms in total. The van der Waals surface area contributed by atoms with E-state index in [2.05, 4.69) is 4.74 Å². The van der Waals surface area contributed by atoms with Crippen LogP contribution in [0.5, 0.6) is 0 Å². The summed E-state index contributed by atoms with van der Waals surface area (Å²) in [6.07, 6.45) is -0.636. The van der Waals surface area contributed by atoms with Crippen LogP contribution in [0, 0.1) is 0 Å². The summed E-state index contributed by atoms with van der Waals surface area (Å²) in [5.41, 5.74) is 0. The van der Waals surface area contributed by atoms with Gasteiger partial charge in [-0.3, -0.25) is 4.90 Å². The maximum Gasteiger partial charge on any atom is 0.506 e. The molecule has 12 heavy (non-hydrogen) atoms. The van der Waals surface area contributed by atoms with Gasteiger partial charge >= 0.3 is 6.16 Å². The first-order valence-electron chi connectivity index (χ1n) is 3.95. The van der Waals surface area contributed by atoms with Gasteiger partial charge in [-0.2, -0.15) is 0 Å². The zero-order valence-corrected chi connectivity index (χ0v) is 6.77. The monoisotopic (exact) mass is 175 g/mol. The third-order valence-electron chi connectivity index (χ3n) is 1.82. The zero-order valence-electron chi connectivity index (χ0n) is 6.77. The highest BCUT2D eigenvalue weighted by atomic mass is 16.7. The summed E-state index contributed by atoms with van der Waals surface area (Å²) >= 11 is 0. The summed E-state index contributed by atoms with van der Waals surface area (Å²) in [6, 6.07) is 0. The van der Waals surface area contributed by atoms with E-state index in [-0.39, 0.29) is 12.7 Å². The fraction of sp³-hybridized carbons (Fsp3) is 0.857. The fourth-order valence-corrected chi connectivity index (χ4v) is 1.22. The van der Waals surface area contributed by atoms with E-state index in [1.807, 2.05) is 4.90 Å². The van der Waals surface area contributed by atoms with Crippen LogP contribution in [0.25, 0.3) is 0 Å². The molecule has 0 atom stereocenters. The van der Waals surface area contributed by atoms with E-state index >= 15 is 0 Å². The topological polar surface area (TPSA) is 70.0 Å². The number of aliphatic hydroxyl groups excluding tert-OH is 1. The van der Waals surface area contributed by atoms with Gasteiger partial charge in [0.2, 0.25) is 0 Å². The van der Waals surface area contributed by atoms with Crippen molar-refractivity contribution in [1.82, 2.24) is 4.90 Å². The number of carboxylic acid groups (broad SMARTS) is 1. The van der Waals surface area contributed by atoms with E-state index in [4.69, 9.17) is 10.2 Å². The fourth-order valence-electron chi connectivity index (χ4n) is 1.22. The first-order valence-corrected chi connectivity index (χ1v) is 3.95. The molecule has 1 saturated heterocycles. The first kappa shape index (κ1) is 9.28. The number of nitrogens with zero attached hydrogens (tertiary/aromatic N) is 1. The predicted molar refractivity (Wildman–Crippen MR) is 41.0 cm³/mol. The zero-order chi connectivity index (χ0) is 8.97. The van der Waals surface area contributed by atoms with Crippen molar-refractivity contribution in [2.75, 3.05) is 26.2 Å². The van der Waals surface area contributed by atoms with Gasteiger partial charge in [-0.05, 0) is 6.42 Å². The standard InChI is InChI=1S/C7H13NO4/c9-3-1-2-8-4-6(5-8)12-7(10)11/h6,9H,1-5H2,(H,10,11). The van der Waals surface area contributed by atoms with Crippen molar-refractivity contribution in [2.45, 2.75) is 12.5 Å². The van der Waals surface area contributed by atoms with Gasteiger partial charge in [0.15, 0.2) is 0 Å². The molecule has 0 aromatic carbocycles. The van der Waals surface area contributed by atoms with E-state index in [0.29, 0.717) is 13.1 Å². The normalized spacial score (nSPS) is 18.8. The van der Waals surface area contributed by atoms with Gasteiger partial charge in [-0.1, -0.05) is 0 Å². The summed E-state index contributed by atoms with van der Waals surface area (Å²) in [7, 11) is 0. The first-order chi connectivity index (χ1) is 5.72. The van der Waals surface area contributed by atoms with Gasteiger partial charge in [-0.15, -0.1) is 0 Å². The Balaban J connectivity index is 2.00. The van der Waals surface area contributed by atoms with Crippen molar-refractivity contribution in [3.05, 3.63) is 0 Å². The van der Waals surface area contributed by atoms with Gasteiger partial charge in [0.1, 0.15) is 6.10 Å². The molecule has 0 radical (unpaired) electrons. The molecule has 70 valence electrons. The number of rotatable bonds is 4. The van der Waals surface area contributed by atoms with Crippen molar-refractivity contribution in [2.24, 2.45) is 0 Å². The lowest BCUT2D eigenvalue weighted by Gasteiger charge is -2.37. The van der Waals surface area contributed by atoms with Gasteiger partial charge in [-0.25, -0.2) is 4.79 Å². The molecule has 0 spiro atoms. The van der Waals surface area contributed by atoms with E-state index in [9.17, 15) is 4.79 Å². The maximum absolute atomic E-state index is 10.0. The molecule has 1 fully saturated rings. The molecular weight excluding hydrogens is 162 g/mol. The summed E-state index contributed by atoms with van der Waals surface area (Å²) in [4.78, 5) is 12.1. The van der Waals surface area contributed by atoms with Crippen molar-refractivity contribution in [3.8, 4) is 0 Å². The molecule has 0 saturated carbocycles. The molecule has 0 bridgehead atoms. The third-order valence-corrected chi connectivity index (χ3v) is 1.82. The molecule has 5 heteroatoms. The van der Waals surface area contributed by atoms with Crippen LogP contribution in [0.4, 0.5) is 4.79 Å². The molecule has 0 aromatic heterocycles. The molecule has 0 unspecified atom stereocenters. The van der Waals surface area contributed by atoms with Crippen LogP contribution in [-0.2, 0) is 4.74 Å². The van der Waals surface area contributed by atoms with Crippen molar-refractivity contribution in [3.63, 3.8) is 0 Å². The molecule has 0 amide bonds. The van der Waals surface area contributed by atoms with Crippen molar-refractivity contribution < 1.29 is 19.7 Å². The molecule has 2 N–H and O–H groups in total. The van der Waals surface area contributed by atoms with Crippen LogP contribution in [0.2, 0.25) is 0 Å². The van der Waals surface area contributed by atoms with E-state index in [0.717, 1.165) is 13.0 Å². The minimum Gasteiger partial charge on any atom is -0.450 e. The summed E-state index contributed by atoms with van der Waals surface area (Å²) in [5.74, 6) is 0. The highest BCUT2D eigenvalue weighted by Crippen LogP contribution is 2.11. The average Bonchev–Trinajstić information content (AvgIpc) is 1.93. The van der Waals surface area contributed by atoms with Crippen LogP contribution >= 0.6 is 0 Å². The van der Waals surface area contributed by atoms with Crippen LogP contribution in [0.3, 0.4) is 0 Å². The molecule has 1 aliphatic heterocycles. The summed E-state index contributed by atoms with van der Waals surface area (Å²) < 4.78 is 4.51. The second-order valence-corrected chi connectivity index (χ2v) is 2.84. The van der Waals surface area contributed by atoms with Gasteiger partial charge in [0, 0.05) is 26.2 Å². The number of likely N-dealkylation sites (tertiary alicyclic amines) is 1. The number of ether oxygens (including phenoxy) is 1. The SMILES string of the molecule is O=C(O)OC1CN(CCCO)C1. The predicted octanol–water partition coefficient (Wildman–Crippen LogP) is -0.252. The summed E-state index contributed by atoms with van der Waals surface area (Å²) in [6.45, 7) is 2.32. The van der Waals surface area contributed by atoms with Crippen molar-refractivity contribution in [1.29, 1.82) is 0 Å². The number of hydrogen-bond donors (Lipinski definition) is 2. The molecular formula is C7H13NO4. The lowest BCUT2D eigenvalue weighted by Crippen LogP contribution is -2.52. The lowest BCUT2D eigenvalue weighted by molar-refractivity contribution is -0.0343. The average molecular weight is 175 g/mol. The Kier molecular flexibility index (Phi) is 3.31. The van der Waals surface area contributed by atoms with Crippen LogP contribution in [-0.4, -0.2) is 53.6 Å². The molecule has 0 aliphatic carbocycles. The highest BCUT2D eigenvalue weighted by molar-refractivity contribution is 5.57. The molecule has 0 aromatic rings. The van der Waals surface area contributed by atoms with Crippen LogP contribution in [0.15, 0.2) is 0 Å². The molecule has 1 aliphatic rings. The molecule has 1 heterocycles. The summed E-state index contributed by atoms with van der Waals surface area (Å²) in [5, 5.41) is 16.7. The Hall–Kier alpha value is -0.810. The number of aliphatic hydroxyl groups is 1. The minimum absolute atomic E-state index is 0.166. The third kappa shape index (κ3) is 2.67. The van der Waals surface area contributed by atoms with Gasteiger partial charge in [0.05, 0.1) is 0 Å². The van der Waals surface area contributed by atoms with Crippen LogP contribution < -0.4 is 0 Å². The second-order valence-electron chi connectivity index (χ2n) is 2.84. The Morgan fingerprint density at radius 3 is 2.75 bits per heavy atom. The number of carbonyl (C=O) groups is 1. The quantitative estimate of drug-likeness (QED) is 0.576. The second kappa shape index (κ2) is 4.27. The smallest absolute Gasteiger partial charge is 0.450 e. The maximum atomic E-state index is 10.0. The highest BCUT2D eigenvalue weighted by Gasteiger charge is 2.28. The Labute approximate surface area is 70.5 Å². The Morgan fingerprint density at radius 2 is 2.25 bits per heavy atom. The Morgan fingerprint density at radius 1 is 1.58 bits per heavy atom. The Bertz CT molecular complexity index is 155. The van der Waals surface area contributed by atoms with E-state index in [1.54, 1.807) is 0 Å². The van der Waals surface area contributed by atoms with Gasteiger partial charge in [0.25, 0.3) is 0 Å². The molecule has 1 rings (SSSR count). The van der Waals surface area contributed by atoms with E-state index < -0.39 is 6.16 Å². The number of hydrogen-bond acceptors (Lipinski definition) is 4. The lowest BCUT2D eigenvalue weighted by atomic mass is 10.1. The van der Waals surface area contributed by atoms with Crippen LogP contribution in [0.1, 0.15) is 6.42 Å². The minimum atomic E-state index is -1.21. The largest absolute Gasteiger partial charge is 0.506 e. The van der Waals surface area contributed by atoms with Gasteiger partial charge < -0.3 is 14.9 Å².